The van der Waals surface area contributed by atoms with E-state index in [-0.39, 0.29) is 24.5 Å². The van der Waals surface area contributed by atoms with Crippen LogP contribution in [0.25, 0.3) is 0 Å². The highest BCUT2D eigenvalue weighted by molar-refractivity contribution is 5.87. The number of morpholine rings is 1. The molecule has 2 amide bonds. The van der Waals surface area contributed by atoms with Crippen LogP contribution in [0.15, 0.2) is 30.3 Å². The lowest BCUT2D eigenvalue weighted by molar-refractivity contribution is -0.140. The largest absolute Gasteiger partial charge is 0.370 e. The third-order valence-electron chi connectivity index (χ3n) is 3.67. The highest BCUT2D eigenvalue weighted by atomic mass is 16.5. The van der Waals surface area contributed by atoms with Crippen molar-refractivity contribution in [2.45, 2.75) is 26.9 Å². The molecule has 2 rings (SSSR count). The summed E-state index contributed by atoms with van der Waals surface area (Å²) in [7, 11) is 0. The highest BCUT2D eigenvalue weighted by Gasteiger charge is 2.27. The number of nitrogens with zero attached hydrogens (tertiary/aromatic N) is 1. The molecule has 0 radical (unpaired) electrons. The van der Waals surface area contributed by atoms with E-state index in [0.29, 0.717) is 19.7 Å². The number of benzene rings is 1. The van der Waals surface area contributed by atoms with E-state index >= 15 is 0 Å². The van der Waals surface area contributed by atoms with E-state index < -0.39 is 5.41 Å². The maximum absolute atomic E-state index is 12.3. The fourth-order valence-electron chi connectivity index (χ4n) is 2.28. The molecule has 0 bridgehead atoms. The number of hydrogen-bond acceptors (Lipinski definition) is 3. The topological polar surface area (TPSA) is 58.6 Å². The van der Waals surface area contributed by atoms with Gasteiger partial charge in [-0.2, -0.15) is 0 Å². The lowest BCUT2D eigenvalue weighted by Gasteiger charge is -2.33. The van der Waals surface area contributed by atoms with Crippen LogP contribution in [0.1, 0.15) is 32.4 Å². The molecule has 1 N–H and O–H groups in total. The molecular weight excluding hydrogens is 280 g/mol. The fourth-order valence-corrected chi connectivity index (χ4v) is 2.28. The van der Waals surface area contributed by atoms with Gasteiger partial charge in [-0.25, -0.2) is 0 Å². The fraction of sp³-hybridized carbons (Fsp3) is 0.529. The molecule has 1 aliphatic heterocycles. The first-order valence-electron chi connectivity index (χ1n) is 7.60. The lowest BCUT2D eigenvalue weighted by atomic mass is 9.96. The van der Waals surface area contributed by atoms with Crippen LogP contribution in [0, 0.1) is 5.41 Å². The Balaban J connectivity index is 1.89. The van der Waals surface area contributed by atoms with Gasteiger partial charge in [-0.05, 0) is 5.56 Å². The summed E-state index contributed by atoms with van der Waals surface area (Å²) in [6, 6.07) is 9.88. The van der Waals surface area contributed by atoms with Gasteiger partial charge in [0.1, 0.15) is 6.10 Å². The summed E-state index contributed by atoms with van der Waals surface area (Å²) in [5, 5.41) is 2.70. The van der Waals surface area contributed by atoms with Crippen molar-refractivity contribution in [3.8, 4) is 0 Å². The molecule has 5 heteroatoms. The Morgan fingerprint density at radius 2 is 1.95 bits per heavy atom. The predicted octanol–water partition coefficient (Wildman–Crippen LogP) is 1.75. The number of carbonyl (C=O) groups is 2. The molecule has 1 heterocycles. The van der Waals surface area contributed by atoms with Crippen LogP contribution < -0.4 is 5.32 Å². The van der Waals surface area contributed by atoms with Crippen LogP contribution in [0.4, 0.5) is 0 Å². The summed E-state index contributed by atoms with van der Waals surface area (Å²) >= 11 is 0. The normalized spacial score (nSPS) is 18.9. The van der Waals surface area contributed by atoms with Gasteiger partial charge < -0.3 is 15.0 Å². The third kappa shape index (κ3) is 4.31. The van der Waals surface area contributed by atoms with Gasteiger partial charge in [0.15, 0.2) is 0 Å². The van der Waals surface area contributed by atoms with Gasteiger partial charge in [-0.15, -0.1) is 0 Å². The van der Waals surface area contributed by atoms with E-state index in [4.69, 9.17) is 4.74 Å². The molecule has 0 spiro atoms. The van der Waals surface area contributed by atoms with Gasteiger partial charge in [0.25, 0.3) is 0 Å². The summed E-state index contributed by atoms with van der Waals surface area (Å²) in [6.45, 7) is 7.12. The number of ether oxygens (including phenoxy) is 1. The van der Waals surface area contributed by atoms with Gasteiger partial charge in [0.05, 0.1) is 19.7 Å². The van der Waals surface area contributed by atoms with E-state index in [9.17, 15) is 9.59 Å². The van der Waals surface area contributed by atoms with Crippen molar-refractivity contribution in [3.63, 3.8) is 0 Å². The molecule has 0 aliphatic carbocycles. The molecule has 1 aliphatic rings. The molecule has 22 heavy (non-hydrogen) atoms. The predicted molar refractivity (Wildman–Crippen MR) is 84.2 cm³/mol. The summed E-state index contributed by atoms with van der Waals surface area (Å²) in [6.07, 6.45) is -0.0998. The van der Waals surface area contributed by atoms with Crippen LogP contribution in [0.2, 0.25) is 0 Å². The zero-order chi connectivity index (χ0) is 16.2. The summed E-state index contributed by atoms with van der Waals surface area (Å²) in [5.74, 6) is -0.185. The van der Waals surface area contributed by atoms with Crippen molar-refractivity contribution in [1.82, 2.24) is 10.2 Å². The van der Waals surface area contributed by atoms with E-state index in [1.807, 2.05) is 51.1 Å². The molecule has 0 aromatic heterocycles. The minimum Gasteiger partial charge on any atom is -0.370 e. The maximum Gasteiger partial charge on any atom is 0.242 e. The van der Waals surface area contributed by atoms with Crippen molar-refractivity contribution >= 4 is 11.8 Å². The molecule has 0 unspecified atom stereocenters. The van der Waals surface area contributed by atoms with E-state index in [2.05, 4.69) is 5.32 Å². The van der Waals surface area contributed by atoms with Gasteiger partial charge in [-0.1, -0.05) is 51.1 Å². The Bertz CT molecular complexity index is 522. The van der Waals surface area contributed by atoms with Crippen molar-refractivity contribution in [2.75, 3.05) is 26.2 Å². The van der Waals surface area contributed by atoms with Gasteiger partial charge >= 0.3 is 0 Å². The zero-order valence-corrected chi connectivity index (χ0v) is 13.5. The number of hydrogen-bond donors (Lipinski definition) is 1. The number of carbonyl (C=O) groups excluding carboxylic acids is 2. The molecular formula is C17H24N2O3. The number of rotatable bonds is 3. The van der Waals surface area contributed by atoms with Crippen LogP contribution in [0.5, 0.6) is 0 Å². The Labute approximate surface area is 131 Å². The Morgan fingerprint density at radius 1 is 1.27 bits per heavy atom. The molecule has 1 atom stereocenters. The summed E-state index contributed by atoms with van der Waals surface area (Å²) < 4.78 is 5.74. The summed E-state index contributed by atoms with van der Waals surface area (Å²) in [4.78, 5) is 25.8. The molecule has 1 aromatic rings. The highest BCUT2D eigenvalue weighted by Crippen LogP contribution is 2.21. The van der Waals surface area contributed by atoms with E-state index in [1.54, 1.807) is 4.90 Å². The molecule has 0 saturated carbocycles. The Hall–Kier alpha value is -1.88. The van der Waals surface area contributed by atoms with Crippen LogP contribution in [-0.2, 0) is 14.3 Å². The second-order valence-electron chi connectivity index (χ2n) is 6.54. The quantitative estimate of drug-likeness (QED) is 0.925. The van der Waals surface area contributed by atoms with Crippen molar-refractivity contribution in [2.24, 2.45) is 5.41 Å². The molecule has 5 nitrogen and oxygen atoms in total. The first-order chi connectivity index (χ1) is 10.4. The molecule has 1 aromatic carbocycles. The van der Waals surface area contributed by atoms with E-state index in [1.165, 1.54) is 0 Å². The Morgan fingerprint density at radius 3 is 2.59 bits per heavy atom. The maximum atomic E-state index is 12.3. The van der Waals surface area contributed by atoms with Gasteiger partial charge in [-0.3, -0.25) is 9.59 Å². The third-order valence-corrected chi connectivity index (χ3v) is 3.67. The minimum atomic E-state index is -0.488. The Kier molecular flexibility index (Phi) is 5.19. The van der Waals surface area contributed by atoms with Crippen LogP contribution in [0.3, 0.4) is 0 Å². The van der Waals surface area contributed by atoms with Gasteiger partial charge in [0, 0.05) is 12.0 Å². The SMILES string of the molecule is CC(C)(C)C(=O)NCC(=O)N1CCO[C@H](c2ccccc2)C1. The number of amides is 2. The van der Waals surface area contributed by atoms with Crippen LogP contribution >= 0.6 is 0 Å². The standard InChI is InChI=1S/C17H24N2O3/c1-17(2,3)16(21)18-11-15(20)19-9-10-22-14(12-19)13-7-5-4-6-8-13/h4-8,14H,9-12H2,1-3H3,(H,18,21)/t14-/m0/s1. The number of nitrogens with one attached hydrogen (secondary N) is 1. The smallest absolute Gasteiger partial charge is 0.242 e. The average molecular weight is 304 g/mol. The minimum absolute atomic E-state index is 0.0393. The molecule has 1 fully saturated rings. The zero-order valence-electron chi connectivity index (χ0n) is 13.5. The molecule has 1 saturated heterocycles. The second-order valence-corrected chi connectivity index (χ2v) is 6.54. The average Bonchev–Trinajstić information content (AvgIpc) is 2.52. The van der Waals surface area contributed by atoms with Crippen molar-refractivity contribution < 1.29 is 14.3 Å². The first kappa shape index (κ1) is 16.5. The van der Waals surface area contributed by atoms with E-state index in [0.717, 1.165) is 5.56 Å². The second kappa shape index (κ2) is 6.92. The van der Waals surface area contributed by atoms with Crippen molar-refractivity contribution in [1.29, 1.82) is 0 Å². The van der Waals surface area contributed by atoms with Crippen LogP contribution in [-0.4, -0.2) is 43.0 Å². The lowest BCUT2D eigenvalue weighted by Crippen LogP contribution is -2.48. The first-order valence-corrected chi connectivity index (χ1v) is 7.60. The van der Waals surface area contributed by atoms with Crippen molar-refractivity contribution in [3.05, 3.63) is 35.9 Å². The monoisotopic (exact) mass is 304 g/mol. The molecule has 120 valence electrons. The van der Waals surface area contributed by atoms with Gasteiger partial charge in [0.2, 0.25) is 11.8 Å². The summed E-state index contributed by atoms with van der Waals surface area (Å²) in [5.41, 5.74) is 0.580.